The number of aliphatic hydroxyl groups excluding tert-OH is 1. The Balaban J connectivity index is 1.83. The zero-order valence-electron chi connectivity index (χ0n) is 17.9. The van der Waals surface area contributed by atoms with Crippen LogP contribution in [0.1, 0.15) is 13.8 Å². The van der Waals surface area contributed by atoms with E-state index in [1.807, 2.05) is 18.5 Å². The average Bonchev–Trinajstić information content (AvgIpc) is 3.20. The van der Waals surface area contributed by atoms with Crippen LogP contribution in [-0.2, 0) is 22.4 Å². The Labute approximate surface area is 187 Å². The number of hydrogen-bond acceptors (Lipinski definition) is 9. The van der Waals surface area contributed by atoms with E-state index in [0.29, 0.717) is 22.3 Å². The number of anilines is 3. The van der Waals surface area contributed by atoms with E-state index in [1.54, 1.807) is 49.9 Å². The maximum atomic E-state index is 12.2. The quantitative estimate of drug-likeness (QED) is 0.374. The molecule has 0 aliphatic carbocycles. The monoisotopic (exact) mass is 459 g/mol. The van der Waals surface area contributed by atoms with Gasteiger partial charge in [0.2, 0.25) is 5.95 Å². The van der Waals surface area contributed by atoms with Gasteiger partial charge in [0.05, 0.1) is 47.6 Å². The highest BCUT2D eigenvalue weighted by Crippen LogP contribution is 2.27. The lowest BCUT2D eigenvalue weighted by Gasteiger charge is -2.16. The summed E-state index contributed by atoms with van der Waals surface area (Å²) in [5.41, 5.74) is 2.22. The molecule has 12 heteroatoms. The highest BCUT2D eigenvalue weighted by molar-refractivity contribution is 7.75. The molecule has 0 fully saturated rings. The van der Waals surface area contributed by atoms with E-state index in [0.717, 1.165) is 11.3 Å². The molecule has 3 aromatic rings. The minimum atomic E-state index is -2.24. The number of rotatable bonds is 8. The summed E-state index contributed by atoms with van der Waals surface area (Å²) in [7, 11) is -0.375. The number of nitrogens with zero attached hydrogens (tertiary/aromatic N) is 5. The summed E-state index contributed by atoms with van der Waals surface area (Å²) in [5, 5.41) is 15.7. The van der Waals surface area contributed by atoms with Gasteiger partial charge in [0, 0.05) is 29.9 Å². The zero-order chi connectivity index (χ0) is 23.1. The molecule has 2 heterocycles. The van der Waals surface area contributed by atoms with E-state index in [1.165, 1.54) is 0 Å². The predicted octanol–water partition coefficient (Wildman–Crippen LogP) is 2.59. The van der Waals surface area contributed by atoms with Gasteiger partial charge >= 0.3 is 6.09 Å². The van der Waals surface area contributed by atoms with Crippen molar-refractivity contribution in [1.82, 2.24) is 19.5 Å². The lowest BCUT2D eigenvalue weighted by molar-refractivity contribution is 0.164. The number of hydrogen-bond donors (Lipinski definition) is 4. The molecule has 0 radical (unpaired) electrons. The Morgan fingerprint density at radius 3 is 2.69 bits per heavy atom. The van der Waals surface area contributed by atoms with Gasteiger partial charge in [-0.05, 0) is 38.1 Å². The Hall–Kier alpha value is -3.51. The molecule has 1 aromatic carbocycles. The van der Waals surface area contributed by atoms with Gasteiger partial charge in [-0.2, -0.15) is 4.98 Å². The SMILES string of the molecule is CCOC(=O)/N=[SH](=O)/c1ccc(Nc2ncc(-c3cncn3C)c(N[C@H](C)CO)n2)cc1. The van der Waals surface area contributed by atoms with Crippen LogP contribution in [0.4, 0.5) is 22.2 Å². The number of thiol groups is 1. The van der Waals surface area contributed by atoms with Gasteiger partial charge in [-0.25, -0.2) is 19.0 Å². The second-order valence-electron chi connectivity index (χ2n) is 6.82. The number of ether oxygens (including phenoxy) is 1. The lowest BCUT2D eigenvalue weighted by Crippen LogP contribution is -2.21. The number of benzene rings is 1. The van der Waals surface area contributed by atoms with E-state index in [-0.39, 0.29) is 19.3 Å². The summed E-state index contributed by atoms with van der Waals surface area (Å²) in [6.45, 7) is 3.59. The molecular weight excluding hydrogens is 434 g/mol. The zero-order valence-corrected chi connectivity index (χ0v) is 18.8. The summed E-state index contributed by atoms with van der Waals surface area (Å²) >= 11 is 0. The largest absolute Gasteiger partial charge is 0.448 e. The van der Waals surface area contributed by atoms with Crippen LogP contribution < -0.4 is 10.6 Å². The summed E-state index contributed by atoms with van der Waals surface area (Å²) in [5.74, 6) is 0.873. The Morgan fingerprint density at radius 1 is 1.31 bits per heavy atom. The van der Waals surface area contributed by atoms with E-state index >= 15 is 0 Å². The normalized spacial score (nSPS) is 12.9. The molecule has 3 N–H and O–H groups in total. The first-order valence-electron chi connectivity index (χ1n) is 9.85. The van der Waals surface area contributed by atoms with E-state index in [2.05, 4.69) is 34.7 Å². The van der Waals surface area contributed by atoms with Crippen molar-refractivity contribution in [3.05, 3.63) is 43.0 Å². The minimum Gasteiger partial charge on any atom is -0.448 e. The van der Waals surface area contributed by atoms with Crippen molar-refractivity contribution < 1.29 is 18.8 Å². The van der Waals surface area contributed by atoms with E-state index in [9.17, 15) is 14.1 Å². The van der Waals surface area contributed by atoms with Crippen LogP contribution in [0.3, 0.4) is 0 Å². The van der Waals surface area contributed by atoms with Gasteiger partial charge in [0.25, 0.3) is 0 Å². The van der Waals surface area contributed by atoms with Crippen molar-refractivity contribution in [1.29, 1.82) is 0 Å². The molecule has 2 aromatic heterocycles. The van der Waals surface area contributed by atoms with Crippen LogP contribution >= 0.6 is 0 Å². The van der Waals surface area contributed by atoms with Crippen LogP contribution in [0.15, 0.2) is 52.2 Å². The topological polar surface area (TPSA) is 144 Å². The summed E-state index contributed by atoms with van der Waals surface area (Å²) in [6.07, 6.45) is 4.21. The fraction of sp³-hybridized carbons (Fsp3) is 0.300. The first-order valence-corrected chi connectivity index (χ1v) is 11.1. The van der Waals surface area contributed by atoms with Gasteiger partial charge in [-0.1, -0.05) is 0 Å². The van der Waals surface area contributed by atoms with Crippen LogP contribution in [0.2, 0.25) is 0 Å². The molecule has 0 saturated heterocycles. The van der Waals surface area contributed by atoms with Crippen molar-refractivity contribution >= 4 is 34.1 Å². The molecule has 32 heavy (non-hydrogen) atoms. The second kappa shape index (κ2) is 10.7. The summed E-state index contributed by atoms with van der Waals surface area (Å²) in [4.78, 5) is 24.8. The molecule has 3 rings (SSSR count). The first kappa shape index (κ1) is 23.2. The molecule has 0 saturated carbocycles. The molecular formula is C20H25N7O4S. The fourth-order valence-corrected chi connectivity index (χ4v) is 3.45. The van der Waals surface area contributed by atoms with Crippen molar-refractivity contribution in [2.75, 3.05) is 23.8 Å². The highest BCUT2D eigenvalue weighted by atomic mass is 32.2. The third-order valence-corrected chi connectivity index (χ3v) is 5.41. The van der Waals surface area contributed by atoms with Crippen molar-refractivity contribution in [2.24, 2.45) is 11.4 Å². The Morgan fingerprint density at radius 2 is 2.06 bits per heavy atom. The molecule has 2 atom stereocenters. The number of imidazole rings is 1. The van der Waals surface area contributed by atoms with Gasteiger partial charge in [-0.3, -0.25) is 0 Å². The number of carbonyl (C=O) groups excluding carboxylic acids is 1. The van der Waals surface area contributed by atoms with Gasteiger partial charge in [0.1, 0.15) is 5.82 Å². The smallest absolute Gasteiger partial charge is 0.441 e. The number of carbonyl (C=O) groups is 1. The molecule has 1 amide bonds. The van der Waals surface area contributed by atoms with Gasteiger partial charge < -0.3 is 25.0 Å². The third kappa shape index (κ3) is 5.80. The molecule has 170 valence electrons. The lowest BCUT2D eigenvalue weighted by atomic mass is 10.2. The third-order valence-electron chi connectivity index (χ3n) is 4.32. The molecule has 1 unspecified atom stereocenters. The van der Waals surface area contributed by atoms with Crippen molar-refractivity contribution in [3.8, 4) is 11.3 Å². The van der Waals surface area contributed by atoms with Crippen molar-refractivity contribution in [3.63, 3.8) is 0 Å². The standard InChI is InChI=1S/C20H25N7O4S/c1-4-31-20(29)26-32(30)15-7-5-14(6-8-15)24-19-22-9-16(17-10-21-12-27(17)3)18(25-19)23-13(2)11-28/h5-10,12-13,28,32H,4,11H2,1-3H3,(H2,22,23,24,25)/t13-/m1/s1. The number of nitrogens with one attached hydrogen (secondary N) is 2. The highest BCUT2D eigenvalue weighted by Gasteiger charge is 2.14. The van der Waals surface area contributed by atoms with E-state index in [4.69, 9.17) is 0 Å². The molecule has 0 bridgehead atoms. The maximum absolute atomic E-state index is 12.2. The van der Waals surface area contributed by atoms with Crippen LogP contribution in [0, 0.1) is 0 Å². The van der Waals surface area contributed by atoms with E-state index < -0.39 is 16.7 Å². The number of amides is 1. The Kier molecular flexibility index (Phi) is 7.73. The van der Waals surface area contributed by atoms with Gasteiger partial charge in [-0.15, -0.1) is 4.36 Å². The number of aryl methyl sites for hydroxylation is 1. The number of aliphatic hydroxyl groups is 1. The second-order valence-corrected chi connectivity index (χ2v) is 8.08. The molecule has 11 nitrogen and oxygen atoms in total. The summed E-state index contributed by atoms with van der Waals surface area (Å²) in [6, 6.07) is 6.35. The maximum Gasteiger partial charge on any atom is 0.441 e. The van der Waals surface area contributed by atoms with Crippen molar-refractivity contribution in [2.45, 2.75) is 24.8 Å². The molecule has 0 spiro atoms. The minimum absolute atomic E-state index is 0.0614. The summed E-state index contributed by atoms with van der Waals surface area (Å²) < 4.78 is 22.2. The Bertz CT molecular complexity index is 1160. The molecule has 0 aliphatic heterocycles. The first-order chi connectivity index (χ1) is 15.4. The van der Waals surface area contributed by atoms with Crippen LogP contribution in [-0.4, -0.2) is 54.2 Å². The predicted molar refractivity (Wildman–Crippen MR) is 121 cm³/mol. The average molecular weight is 460 g/mol. The van der Waals surface area contributed by atoms with Crippen LogP contribution in [0.25, 0.3) is 11.3 Å². The van der Waals surface area contributed by atoms with Crippen LogP contribution in [0.5, 0.6) is 0 Å². The fourth-order valence-electron chi connectivity index (χ4n) is 2.72. The van der Waals surface area contributed by atoms with Gasteiger partial charge in [0.15, 0.2) is 0 Å². The number of aromatic nitrogens is 4. The molecule has 0 aliphatic rings.